The minimum absolute atomic E-state index is 0.311. The third kappa shape index (κ3) is 7.71. The van der Waals surface area contributed by atoms with Crippen molar-refractivity contribution in [2.24, 2.45) is 16.6 Å². The van der Waals surface area contributed by atoms with E-state index in [2.05, 4.69) is 212 Å². The first-order valence-electron chi connectivity index (χ1n) is 22.0. The van der Waals surface area contributed by atoms with Crippen LogP contribution in [0.1, 0.15) is 46.7 Å². The van der Waals surface area contributed by atoms with Crippen LogP contribution in [0.2, 0.25) is 0 Å². The van der Waals surface area contributed by atoms with Crippen LogP contribution in [0.15, 0.2) is 240 Å². The van der Waals surface area contributed by atoms with Crippen LogP contribution in [-0.4, -0.2) is 12.4 Å². The molecule has 1 unspecified atom stereocenters. The van der Waals surface area contributed by atoms with Crippen LogP contribution in [0, 0.1) is 5.92 Å². The molecule has 0 saturated carbocycles. The van der Waals surface area contributed by atoms with Crippen LogP contribution < -0.4 is 11.1 Å². The Morgan fingerprint density at radius 2 is 1.20 bits per heavy atom. The van der Waals surface area contributed by atoms with E-state index in [1.54, 1.807) is 0 Å². The Morgan fingerprint density at radius 3 is 1.89 bits per heavy atom. The van der Waals surface area contributed by atoms with Gasteiger partial charge in [0.1, 0.15) is 6.67 Å². The fraction of sp³-hybridized carbons (Fsp3) is 0.0833. The third-order valence-corrected chi connectivity index (χ3v) is 13.1. The van der Waals surface area contributed by atoms with Crippen molar-refractivity contribution in [1.29, 1.82) is 0 Å². The molecule has 0 radical (unpaired) electrons. The van der Waals surface area contributed by atoms with Gasteiger partial charge in [-0.05, 0) is 115 Å². The zero-order valence-electron chi connectivity index (χ0n) is 35.8. The van der Waals surface area contributed by atoms with Crippen molar-refractivity contribution in [2.45, 2.75) is 23.7 Å². The molecule has 0 spiro atoms. The van der Waals surface area contributed by atoms with Crippen LogP contribution >= 0.6 is 12.6 Å². The maximum absolute atomic E-state index is 7.08. The van der Waals surface area contributed by atoms with E-state index in [-0.39, 0.29) is 0 Å². The zero-order valence-corrected chi connectivity index (χ0v) is 36.7. The summed E-state index contributed by atoms with van der Waals surface area (Å²) >= 11 is 4.76. The van der Waals surface area contributed by atoms with Gasteiger partial charge in [0.15, 0.2) is 0 Å². The average Bonchev–Trinajstić information content (AvgIpc) is 3.65. The SMILES string of the molecule is CC1C=C(C(/C=C(\N)c2cccc(-c3ccccc3S)c2)=N/CNc2cc(C3(c4ccccc4)c4ccccc4-c4ccccc43)ccc2-c2ccccc2)C=C(c2ccccc2)C1. The van der Waals surface area contributed by atoms with Crippen molar-refractivity contribution in [3.05, 3.63) is 263 Å². The van der Waals surface area contributed by atoms with Crippen LogP contribution in [-0.2, 0) is 5.41 Å². The minimum atomic E-state index is -0.532. The molecule has 310 valence electrons. The summed E-state index contributed by atoms with van der Waals surface area (Å²) in [7, 11) is 0. The van der Waals surface area contributed by atoms with E-state index in [0.29, 0.717) is 18.3 Å². The molecule has 8 aromatic rings. The number of allylic oxidation sites excluding steroid dienone is 5. The molecule has 4 heteroatoms. The number of rotatable bonds is 11. The van der Waals surface area contributed by atoms with Gasteiger partial charge >= 0.3 is 0 Å². The smallest absolute Gasteiger partial charge is 0.108 e. The molecule has 10 rings (SSSR count). The summed E-state index contributed by atoms with van der Waals surface area (Å²) in [6.45, 7) is 2.60. The lowest BCUT2D eigenvalue weighted by Crippen LogP contribution is -2.28. The minimum Gasteiger partial charge on any atom is -0.398 e. The van der Waals surface area contributed by atoms with Gasteiger partial charge in [-0.15, -0.1) is 12.6 Å². The lowest BCUT2D eigenvalue weighted by Gasteiger charge is -2.34. The van der Waals surface area contributed by atoms with Crippen molar-refractivity contribution in [2.75, 3.05) is 12.0 Å². The highest BCUT2D eigenvalue weighted by molar-refractivity contribution is 7.80. The van der Waals surface area contributed by atoms with Gasteiger partial charge in [-0.3, -0.25) is 4.99 Å². The van der Waals surface area contributed by atoms with Crippen molar-refractivity contribution >= 4 is 35.3 Å². The van der Waals surface area contributed by atoms with Gasteiger partial charge in [0, 0.05) is 21.8 Å². The molecule has 0 amide bonds. The normalized spacial score (nSPS) is 15.4. The van der Waals surface area contributed by atoms with Crippen LogP contribution in [0.3, 0.4) is 0 Å². The van der Waals surface area contributed by atoms with E-state index in [1.807, 2.05) is 24.3 Å². The predicted octanol–water partition coefficient (Wildman–Crippen LogP) is 14.5. The van der Waals surface area contributed by atoms with Crippen LogP contribution in [0.25, 0.3) is 44.7 Å². The lowest BCUT2D eigenvalue weighted by molar-refractivity contribution is 0.745. The number of thiol groups is 1. The summed E-state index contributed by atoms with van der Waals surface area (Å²) in [6, 6.07) is 73.5. The number of hydrogen-bond acceptors (Lipinski definition) is 4. The molecule has 0 saturated heterocycles. The summed E-state index contributed by atoms with van der Waals surface area (Å²) in [6.07, 6.45) is 7.62. The van der Waals surface area contributed by atoms with E-state index >= 15 is 0 Å². The third-order valence-electron chi connectivity index (χ3n) is 12.7. The Balaban J connectivity index is 1.10. The average molecular weight is 844 g/mol. The van der Waals surface area contributed by atoms with Gasteiger partial charge in [0.2, 0.25) is 0 Å². The van der Waals surface area contributed by atoms with E-state index in [4.69, 9.17) is 23.4 Å². The molecule has 0 bridgehead atoms. The van der Waals surface area contributed by atoms with Crippen LogP contribution in [0.5, 0.6) is 0 Å². The number of benzene rings is 8. The first kappa shape index (κ1) is 40.7. The maximum atomic E-state index is 7.08. The molecular formula is C60H49N3S. The van der Waals surface area contributed by atoms with Gasteiger partial charge in [-0.2, -0.15) is 0 Å². The summed E-state index contributed by atoms with van der Waals surface area (Å²) in [5.74, 6) is 0.311. The molecule has 3 N–H and O–H groups in total. The number of anilines is 1. The highest BCUT2D eigenvalue weighted by Gasteiger charge is 2.46. The number of hydrogen-bond donors (Lipinski definition) is 3. The Morgan fingerprint density at radius 1 is 0.609 bits per heavy atom. The number of nitrogens with two attached hydrogens (primary N) is 1. The second-order valence-corrected chi connectivity index (χ2v) is 17.2. The van der Waals surface area contributed by atoms with Crippen molar-refractivity contribution in [3.8, 4) is 33.4 Å². The molecule has 0 aromatic heterocycles. The fourth-order valence-corrected chi connectivity index (χ4v) is 10.1. The van der Waals surface area contributed by atoms with Crippen molar-refractivity contribution in [1.82, 2.24) is 0 Å². The Kier molecular flexibility index (Phi) is 11.3. The molecule has 3 nitrogen and oxygen atoms in total. The molecule has 0 aliphatic heterocycles. The zero-order chi connectivity index (χ0) is 43.5. The van der Waals surface area contributed by atoms with E-state index < -0.39 is 5.41 Å². The Hall–Kier alpha value is -7.40. The summed E-state index contributed by atoms with van der Waals surface area (Å²) < 4.78 is 0. The van der Waals surface area contributed by atoms with Gasteiger partial charge in [0.25, 0.3) is 0 Å². The molecule has 2 aliphatic rings. The van der Waals surface area contributed by atoms with Crippen molar-refractivity contribution in [3.63, 3.8) is 0 Å². The lowest BCUT2D eigenvalue weighted by atomic mass is 9.67. The van der Waals surface area contributed by atoms with Crippen molar-refractivity contribution < 1.29 is 0 Å². The predicted molar refractivity (Wildman–Crippen MR) is 273 cm³/mol. The monoisotopic (exact) mass is 843 g/mol. The Bertz CT molecular complexity index is 3060. The van der Waals surface area contributed by atoms with Gasteiger partial charge in [-0.1, -0.05) is 201 Å². The first-order chi connectivity index (χ1) is 31.5. The summed E-state index contributed by atoms with van der Waals surface area (Å²) in [4.78, 5) is 6.32. The topological polar surface area (TPSA) is 50.4 Å². The molecular weight excluding hydrogens is 795 g/mol. The number of nitrogens with zero attached hydrogens (tertiary/aromatic N) is 1. The molecule has 2 aliphatic carbocycles. The second-order valence-electron chi connectivity index (χ2n) is 16.7. The molecule has 0 heterocycles. The highest BCUT2D eigenvalue weighted by Crippen LogP contribution is 2.56. The van der Waals surface area contributed by atoms with E-state index in [1.165, 1.54) is 44.5 Å². The number of nitrogens with one attached hydrogen (secondary N) is 1. The summed E-state index contributed by atoms with van der Waals surface area (Å²) in [5, 5.41) is 3.85. The maximum Gasteiger partial charge on any atom is 0.108 e. The van der Waals surface area contributed by atoms with Gasteiger partial charge in [0.05, 0.1) is 11.1 Å². The molecule has 8 aromatic carbocycles. The number of fused-ring (bicyclic) bond motifs is 3. The first-order valence-corrected chi connectivity index (χ1v) is 22.5. The largest absolute Gasteiger partial charge is 0.398 e. The number of aliphatic imine (C=N–C) groups is 1. The molecule has 1 atom stereocenters. The quantitative estimate of drug-likeness (QED) is 0.0897. The second kappa shape index (κ2) is 17.8. The molecule has 0 fully saturated rings. The van der Waals surface area contributed by atoms with E-state index in [9.17, 15) is 0 Å². The standard InChI is InChI=1S/C60H49N3S/c1-41-34-46(42-18-5-2-6-19-42)37-47(35-41)57(39-56(61)45-23-17-22-44(36-45)51-26-13-16-31-59(51)64)62-40-63-58-38-49(32-33-50(58)43-20-7-3-8-21-43)60(48-24-9-4-10-25-48)54-29-14-11-27-52(54)53-28-12-15-30-55(53)60/h2-33,35-39,41,63-64H,34,40,61H2,1H3/b56-39-,62-57+. The fourth-order valence-electron chi connectivity index (χ4n) is 9.77. The van der Waals surface area contributed by atoms with Crippen LogP contribution in [0.4, 0.5) is 5.69 Å². The Labute approximate surface area is 382 Å². The van der Waals surface area contributed by atoms with E-state index in [0.717, 1.165) is 56.1 Å². The summed E-state index contributed by atoms with van der Waals surface area (Å²) in [5.41, 5.74) is 25.4. The highest BCUT2D eigenvalue weighted by atomic mass is 32.1. The van der Waals surface area contributed by atoms with Gasteiger partial charge < -0.3 is 11.1 Å². The molecule has 64 heavy (non-hydrogen) atoms. The van der Waals surface area contributed by atoms with Gasteiger partial charge in [-0.25, -0.2) is 0 Å².